The van der Waals surface area contributed by atoms with Gasteiger partial charge in [-0.05, 0) is 56.8 Å². The molecule has 1 fully saturated rings. The van der Waals surface area contributed by atoms with Crippen LogP contribution in [-0.2, 0) is 4.79 Å². The van der Waals surface area contributed by atoms with E-state index >= 15 is 0 Å². The second-order valence-electron chi connectivity index (χ2n) is 5.33. The molecule has 2 N–H and O–H groups in total. The lowest BCUT2D eigenvalue weighted by atomic mass is 9.94. The van der Waals surface area contributed by atoms with Crippen molar-refractivity contribution in [3.63, 3.8) is 0 Å². The Hall–Kier alpha value is -1.42. The number of hydrogen-bond donors (Lipinski definition) is 2. The molecule has 1 aromatic rings. The van der Waals surface area contributed by atoms with Gasteiger partial charge in [0.05, 0.1) is 6.04 Å². The van der Waals surface area contributed by atoms with Crippen molar-refractivity contribution in [2.75, 3.05) is 13.1 Å². The number of nitrogens with zero attached hydrogens (tertiary/aromatic N) is 1. The van der Waals surface area contributed by atoms with Crippen LogP contribution in [0.1, 0.15) is 44.2 Å². The smallest absolute Gasteiger partial charge is 0.220 e. The van der Waals surface area contributed by atoms with E-state index in [1.807, 2.05) is 19.1 Å². The second-order valence-corrected chi connectivity index (χ2v) is 5.33. The first-order valence-electron chi connectivity index (χ1n) is 7.15. The lowest BCUT2D eigenvalue weighted by Gasteiger charge is -2.22. The van der Waals surface area contributed by atoms with Crippen molar-refractivity contribution in [2.24, 2.45) is 5.92 Å². The highest BCUT2D eigenvalue weighted by molar-refractivity contribution is 5.76. The Morgan fingerprint density at radius 1 is 1.63 bits per heavy atom. The molecule has 0 radical (unpaired) electrons. The van der Waals surface area contributed by atoms with Crippen molar-refractivity contribution in [1.29, 1.82) is 0 Å². The van der Waals surface area contributed by atoms with Crippen molar-refractivity contribution < 1.29 is 4.79 Å². The van der Waals surface area contributed by atoms with Crippen molar-refractivity contribution in [3.8, 4) is 0 Å². The Balaban J connectivity index is 1.71. The first-order chi connectivity index (χ1) is 9.25. The van der Waals surface area contributed by atoms with Crippen LogP contribution in [0.15, 0.2) is 24.5 Å². The zero-order valence-corrected chi connectivity index (χ0v) is 11.6. The number of amides is 1. The number of rotatable bonds is 5. The molecule has 1 aliphatic heterocycles. The number of nitrogens with one attached hydrogen (secondary N) is 2. The van der Waals surface area contributed by atoms with E-state index in [1.54, 1.807) is 12.4 Å². The maximum Gasteiger partial charge on any atom is 0.220 e. The fourth-order valence-electron chi connectivity index (χ4n) is 2.53. The van der Waals surface area contributed by atoms with E-state index in [-0.39, 0.29) is 11.9 Å². The van der Waals surface area contributed by atoms with E-state index < -0.39 is 0 Å². The molecule has 1 aromatic heterocycles. The first-order valence-corrected chi connectivity index (χ1v) is 7.15. The lowest BCUT2D eigenvalue weighted by molar-refractivity contribution is -0.122. The van der Waals surface area contributed by atoms with Gasteiger partial charge >= 0.3 is 0 Å². The maximum atomic E-state index is 11.9. The molecular formula is C15H23N3O. The molecule has 0 bridgehead atoms. The standard InChI is InChI=1S/C15H23N3O/c1-12(14-5-3-9-17-11-14)18-15(19)7-6-13-4-2-8-16-10-13/h3,5,9,11-13,16H,2,4,6-8,10H2,1H3,(H,18,19). The molecular weight excluding hydrogens is 238 g/mol. The SMILES string of the molecule is CC(NC(=O)CCC1CCCNC1)c1cccnc1. The number of pyridine rings is 1. The molecule has 2 heterocycles. The largest absolute Gasteiger partial charge is 0.350 e. The maximum absolute atomic E-state index is 11.9. The minimum Gasteiger partial charge on any atom is -0.350 e. The summed E-state index contributed by atoms with van der Waals surface area (Å²) in [6, 6.07) is 3.92. The molecule has 2 atom stereocenters. The van der Waals surface area contributed by atoms with E-state index in [9.17, 15) is 4.79 Å². The van der Waals surface area contributed by atoms with Crippen molar-refractivity contribution >= 4 is 5.91 Å². The van der Waals surface area contributed by atoms with Crippen LogP contribution in [0.2, 0.25) is 0 Å². The number of piperidine rings is 1. The molecule has 4 nitrogen and oxygen atoms in total. The number of carbonyl (C=O) groups is 1. The second kappa shape index (κ2) is 7.24. The van der Waals surface area contributed by atoms with Gasteiger partial charge in [-0.25, -0.2) is 0 Å². The molecule has 0 aliphatic carbocycles. The number of aromatic nitrogens is 1. The average molecular weight is 261 g/mol. The van der Waals surface area contributed by atoms with Gasteiger partial charge in [0.1, 0.15) is 0 Å². The van der Waals surface area contributed by atoms with Crippen LogP contribution < -0.4 is 10.6 Å². The minimum atomic E-state index is 0.0330. The summed E-state index contributed by atoms with van der Waals surface area (Å²) in [5.74, 6) is 0.801. The number of carbonyl (C=O) groups excluding carboxylic acids is 1. The van der Waals surface area contributed by atoms with Gasteiger partial charge in [0.15, 0.2) is 0 Å². The Morgan fingerprint density at radius 3 is 3.21 bits per heavy atom. The van der Waals surface area contributed by atoms with Crippen LogP contribution in [0.3, 0.4) is 0 Å². The molecule has 19 heavy (non-hydrogen) atoms. The third kappa shape index (κ3) is 4.63. The van der Waals surface area contributed by atoms with E-state index in [0.29, 0.717) is 12.3 Å². The van der Waals surface area contributed by atoms with Crippen molar-refractivity contribution in [3.05, 3.63) is 30.1 Å². The van der Waals surface area contributed by atoms with Gasteiger partial charge in [0, 0.05) is 18.8 Å². The van der Waals surface area contributed by atoms with Crippen molar-refractivity contribution in [1.82, 2.24) is 15.6 Å². The summed E-state index contributed by atoms with van der Waals surface area (Å²) in [5, 5.41) is 6.42. The highest BCUT2D eigenvalue weighted by atomic mass is 16.1. The molecule has 0 spiro atoms. The van der Waals surface area contributed by atoms with E-state index in [0.717, 1.165) is 25.1 Å². The zero-order chi connectivity index (χ0) is 13.5. The molecule has 2 unspecified atom stereocenters. The summed E-state index contributed by atoms with van der Waals surface area (Å²) in [6.07, 6.45) is 7.64. The summed E-state index contributed by atoms with van der Waals surface area (Å²) in [5.41, 5.74) is 1.05. The molecule has 4 heteroatoms. The third-order valence-corrected chi connectivity index (χ3v) is 3.74. The van der Waals surface area contributed by atoms with Crippen LogP contribution in [-0.4, -0.2) is 24.0 Å². The Kier molecular flexibility index (Phi) is 5.33. The topological polar surface area (TPSA) is 54.0 Å². The molecule has 1 amide bonds. The summed E-state index contributed by atoms with van der Waals surface area (Å²) < 4.78 is 0. The number of hydrogen-bond acceptors (Lipinski definition) is 3. The lowest BCUT2D eigenvalue weighted by Crippen LogP contribution is -2.31. The molecule has 0 aromatic carbocycles. The predicted molar refractivity (Wildman–Crippen MR) is 75.6 cm³/mol. The third-order valence-electron chi connectivity index (χ3n) is 3.74. The molecule has 2 rings (SSSR count). The van der Waals surface area contributed by atoms with E-state index in [2.05, 4.69) is 15.6 Å². The van der Waals surface area contributed by atoms with Crippen LogP contribution >= 0.6 is 0 Å². The van der Waals surface area contributed by atoms with Gasteiger partial charge in [-0.15, -0.1) is 0 Å². The van der Waals surface area contributed by atoms with E-state index in [1.165, 1.54) is 12.8 Å². The normalized spacial score (nSPS) is 20.8. The Labute approximate surface area is 115 Å². The van der Waals surface area contributed by atoms with Crippen LogP contribution in [0.5, 0.6) is 0 Å². The molecule has 104 valence electrons. The van der Waals surface area contributed by atoms with Crippen molar-refractivity contribution in [2.45, 2.75) is 38.6 Å². The molecule has 1 aliphatic rings. The Morgan fingerprint density at radius 2 is 2.53 bits per heavy atom. The monoisotopic (exact) mass is 261 g/mol. The molecule has 0 saturated carbocycles. The van der Waals surface area contributed by atoms with Gasteiger partial charge in [-0.2, -0.15) is 0 Å². The first kappa shape index (κ1) is 14.0. The van der Waals surface area contributed by atoms with Gasteiger partial charge in [-0.1, -0.05) is 6.07 Å². The predicted octanol–water partition coefficient (Wildman–Crippen LogP) is 2.04. The minimum absolute atomic E-state index is 0.0330. The fourth-order valence-corrected chi connectivity index (χ4v) is 2.53. The van der Waals surface area contributed by atoms with E-state index in [4.69, 9.17) is 0 Å². The van der Waals surface area contributed by atoms with Crippen LogP contribution in [0.4, 0.5) is 0 Å². The summed E-state index contributed by atoms with van der Waals surface area (Å²) in [4.78, 5) is 16.0. The summed E-state index contributed by atoms with van der Waals surface area (Å²) in [6.45, 7) is 4.18. The van der Waals surface area contributed by atoms with Gasteiger partial charge in [-0.3, -0.25) is 9.78 Å². The van der Waals surface area contributed by atoms with Crippen LogP contribution in [0.25, 0.3) is 0 Å². The van der Waals surface area contributed by atoms with Gasteiger partial charge in [0.2, 0.25) is 5.91 Å². The fraction of sp³-hybridized carbons (Fsp3) is 0.600. The van der Waals surface area contributed by atoms with Gasteiger partial charge in [0.25, 0.3) is 0 Å². The van der Waals surface area contributed by atoms with Gasteiger partial charge < -0.3 is 10.6 Å². The van der Waals surface area contributed by atoms with Crippen LogP contribution in [0, 0.1) is 5.92 Å². The molecule has 1 saturated heterocycles. The highest BCUT2D eigenvalue weighted by Gasteiger charge is 2.15. The summed E-state index contributed by atoms with van der Waals surface area (Å²) >= 11 is 0. The quantitative estimate of drug-likeness (QED) is 0.853. The zero-order valence-electron chi connectivity index (χ0n) is 11.6. The Bertz CT molecular complexity index is 388. The average Bonchev–Trinajstić information content (AvgIpc) is 2.47. The highest BCUT2D eigenvalue weighted by Crippen LogP contribution is 2.16. The summed E-state index contributed by atoms with van der Waals surface area (Å²) in [7, 11) is 0.